The van der Waals surface area contributed by atoms with E-state index in [-0.39, 0.29) is 18.2 Å². The molecular formula is C15H19ClN2O2. The minimum atomic E-state index is -0.421. The number of carbonyl (C=O) groups is 2. The molecule has 0 saturated carbocycles. The molecule has 2 atom stereocenters. The summed E-state index contributed by atoms with van der Waals surface area (Å²) in [6.07, 6.45) is 1.25. The van der Waals surface area contributed by atoms with Crippen LogP contribution < -0.4 is 10.2 Å². The lowest BCUT2D eigenvalue weighted by molar-refractivity contribution is -0.121. The van der Waals surface area contributed by atoms with E-state index in [2.05, 4.69) is 19.2 Å². The van der Waals surface area contributed by atoms with Gasteiger partial charge in [-0.1, -0.05) is 37.9 Å². The zero-order chi connectivity index (χ0) is 14.7. The number of nitrogens with one attached hydrogen (secondary N) is 1. The lowest BCUT2D eigenvalue weighted by Crippen LogP contribution is -2.40. The summed E-state index contributed by atoms with van der Waals surface area (Å²) in [5.41, 5.74) is 0.542. The molecule has 4 nitrogen and oxygen atoms in total. The monoisotopic (exact) mass is 294 g/mol. The molecule has 20 heavy (non-hydrogen) atoms. The average molecular weight is 295 g/mol. The molecule has 1 aromatic carbocycles. The molecule has 0 spiro atoms. The third kappa shape index (κ3) is 3.19. The van der Waals surface area contributed by atoms with Crippen LogP contribution in [0.25, 0.3) is 0 Å². The Bertz CT molecular complexity index is 518. The minimum Gasteiger partial charge on any atom is -0.305 e. The highest BCUT2D eigenvalue weighted by molar-refractivity contribution is 6.31. The largest absolute Gasteiger partial charge is 0.305 e. The summed E-state index contributed by atoms with van der Waals surface area (Å²) in [5, 5.41) is 3.69. The van der Waals surface area contributed by atoms with Gasteiger partial charge in [0.2, 0.25) is 5.91 Å². The molecule has 2 unspecified atom stereocenters. The molecule has 1 fully saturated rings. The number of hydrogen-bond donors (Lipinski definition) is 1. The predicted molar refractivity (Wildman–Crippen MR) is 79.8 cm³/mol. The Balaban J connectivity index is 2.09. The highest BCUT2D eigenvalue weighted by Gasteiger charge is 2.39. The molecule has 0 aliphatic carbocycles. The zero-order valence-electron chi connectivity index (χ0n) is 11.7. The van der Waals surface area contributed by atoms with Gasteiger partial charge < -0.3 is 5.32 Å². The number of anilines is 1. The van der Waals surface area contributed by atoms with Gasteiger partial charge in [0.25, 0.3) is 5.91 Å². The van der Waals surface area contributed by atoms with Crippen LogP contribution in [0, 0.1) is 5.92 Å². The molecule has 1 saturated heterocycles. The summed E-state index contributed by atoms with van der Waals surface area (Å²) < 4.78 is 0. The van der Waals surface area contributed by atoms with Crippen molar-refractivity contribution in [2.45, 2.75) is 32.7 Å². The standard InChI is InChI=1S/C15H19ClN2O2/c1-3-10(2)9-17-13-8-14(19)18(15(13)20)12-6-4-5-11(16)7-12/h4-7,10,13,17H,3,8-9H2,1-2H3. The van der Waals surface area contributed by atoms with E-state index < -0.39 is 6.04 Å². The van der Waals surface area contributed by atoms with Crippen LogP contribution in [0.2, 0.25) is 5.02 Å². The first-order valence-corrected chi connectivity index (χ1v) is 7.26. The molecule has 1 aliphatic heterocycles. The molecule has 108 valence electrons. The summed E-state index contributed by atoms with van der Waals surface area (Å²) in [6, 6.07) is 6.38. The summed E-state index contributed by atoms with van der Waals surface area (Å²) in [5.74, 6) is 0.109. The Hall–Kier alpha value is -1.39. The molecule has 0 radical (unpaired) electrons. The van der Waals surface area contributed by atoms with E-state index in [4.69, 9.17) is 11.6 Å². The lowest BCUT2D eigenvalue weighted by atomic mass is 10.1. The van der Waals surface area contributed by atoms with Gasteiger partial charge in [-0.3, -0.25) is 9.59 Å². The van der Waals surface area contributed by atoms with E-state index in [9.17, 15) is 9.59 Å². The maximum absolute atomic E-state index is 12.3. The molecule has 0 bridgehead atoms. The first-order chi connectivity index (χ1) is 9.52. The molecule has 2 rings (SSSR count). The predicted octanol–water partition coefficient (Wildman–Crippen LogP) is 2.61. The van der Waals surface area contributed by atoms with Crippen molar-refractivity contribution in [1.82, 2.24) is 5.32 Å². The molecule has 1 N–H and O–H groups in total. The number of halogens is 1. The topological polar surface area (TPSA) is 49.4 Å². The number of benzene rings is 1. The van der Waals surface area contributed by atoms with Crippen molar-refractivity contribution >= 4 is 29.1 Å². The van der Waals surface area contributed by atoms with Gasteiger partial charge >= 0.3 is 0 Å². The number of amides is 2. The fraction of sp³-hybridized carbons (Fsp3) is 0.467. The van der Waals surface area contributed by atoms with Crippen molar-refractivity contribution in [2.75, 3.05) is 11.4 Å². The molecule has 5 heteroatoms. The second-order valence-electron chi connectivity index (χ2n) is 5.23. The Morgan fingerprint density at radius 1 is 1.45 bits per heavy atom. The summed E-state index contributed by atoms with van der Waals surface area (Å²) in [4.78, 5) is 25.6. The van der Waals surface area contributed by atoms with Crippen LogP contribution in [0.5, 0.6) is 0 Å². The highest BCUT2D eigenvalue weighted by atomic mass is 35.5. The molecular weight excluding hydrogens is 276 g/mol. The third-order valence-corrected chi connectivity index (χ3v) is 3.86. The Kier molecular flexibility index (Phi) is 4.78. The number of hydrogen-bond acceptors (Lipinski definition) is 3. The van der Waals surface area contributed by atoms with Gasteiger partial charge in [-0.2, -0.15) is 0 Å². The van der Waals surface area contributed by atoms with Crippen LogP contribution in [0.15, 0.2) is 24.3 Å². The van der Waals surface area contributed by atoms with E-state index in [0.717, 1.165) is 13.0 Å². The van der Waals surface area contributed by atoms with Crippen LogP contribution in [0.4, 0.5) is 5.69 Å². The van der Waals surface area contributed by atoms with Crippen LogP contribution in [-0.2, 0) is 9.59 Å². The van der Waals surface area contributed by atoms with E-state index in [1.54, 1.807) is 24.3 Å². The second-order valence-corrected chi connectivity index (χ2v) is 5.66. The smallest absolute Gasteiger partial charge is 0.251 e. The van der Waals surface area contributed by atoms with Crippen molar-refractivity contribution < 1.29 is 9.59 Å². The maximum Gasteiger partial charge on any atom is 0.251 e. The van der Waals surface area contributed by atoms with Crippen molar-refractivity contribution in [3.63, 3.8) is 0 Å². The van der Waals surface area contributed by atoms with Crippen molar-refractivity contribution in [3.05, 3.63) is 29.3 Å². The van der Waals surface area contributed by atoms with Gasteiger partial charge in [-0.05, 0) is 30.7 Å². The lowest BCUT2D eigenvalue weighted by Gasteiger charge is -2.17. The third-order valence-electron chi connectivity index (χ3n) is 3.62. The van der Waals surface area contributed by atoms with E-state index in [1.165, 1.54) is 4.90 Å². The highest BCUT2D eigenvalue weighted by Crippen LogP contribution is 2.25. The quantitative estimate of drug-likeness (QED) is 0.849. The van der Waals surface area contributed by atoms with Crippen molar-refractivity contribution in [1.29, 1.82) is 0 Å². The van der Waals surface area contributed by atoms with E-state index in [1.807, 2.05) is 0 Å². The molecule has 1 heterocycles. The molecule has 1 aliphatic rings. The van der Waals surface area contributed by atoms with Gasteiger partial charge in [0.05, 0.1) is 18.2 Å². The SMILES string of the molecule is CCC(C)CNC1CC(=O)N(c2cccc(Cl)c2)C1=O. The Morgan fingerprint density at radius 2 is 2.20 bits per heavy atom. The Morgan fingerprint density at radius 3 is 2.85 bits per heavy atom. The molecule has 0 aromatic heterocycles. The normalized spacial score (nSPS) is 20.6. The van der Waals surface area contributed by atoms with Crippen molar-refractivity contribution in [3.8, 4) is 0 Å². The minimum absolute atomic E-state index is 0.182. The first-order valence-electron chi connectivity index (χ1n) is 6.88. The number of imide groups is 1. The summed E-state index contributed by atoms with van der Waals surface area (Å²) in [6.45, 7) is 4.96. The van der Waals surface area contributed by atoms with Crippen LogP contribution in [0.1, 0.15) is 26.7 Å². The van der Waals surface area contributed by atoms with Crippen LogP contribution in [-0.4, -0.2) is 24.4 Å². The van der Waals surface area contributed by atoms with Gasteiger partial charge in [-0.25, -0.2) is 4.90 Å². The van der Waals surface area contributed by atoms with Crippen LogP contribution >= 0.6 is 11.6 Å². The van der Waals surface area contributed by atoms with Gasteiger partial charge in [0.1, 0.15) is 0 Å². The van der Waals surface area contributed by atoms with Crippen LogP contribution in [0.3, 0.4) is 0 Å². The number of rotatable bonds is 5. The van der Waals surface area contributed by atoms with E-state index in [0.29, 0.717) is 16.6 Å². The van der Waals surface area contributed by atoms with Crippen molar-refractivity contribution in [2.24, 2.45) is 5.92 Å². The second kappa shape index (κ2) is 6.37. The number of carbonyl (C=O) groups excluding carboxylic acids is 2. The van der Waals surface area contributed by atoms with Gasteiger partial charge in [0, 0.05) is 5.02 Å². The number of nitrogens with zero attached hydrogens (tertiary/aromatic N) is 1. The maximum atomic E-state index is 12.3. The Labute approximate surface area is 124 Å². The summed E-state index contributed by atoms with van der Waals surface area (Å²) in [7, 11) is 0. The van der Waals surface area contributed by atoms with Gasteiger partial charge in [-0.15, -0.1) is 0 Å². The fourth-order valence-electron chi connectivity index (χ4n) is 2.17. The average Bonchev–Trinajstić information content (AvgIpc) is 2.70. The van der Waals surface area contributed by atoms with Gasteiger partial charge in [0.15, 0.2) is 0 Å². The van der Waals surface area contributed by atoms with E-state index >= 15 is 0 Å². The fourth-order valence-corrected chi connectivity index (χ4v) is 2.35. The molecule has 1 aromatic rings. The zero-order valence-corrected chi connectivity index (χ0v) is 12.5. The molecule has 2 amide bonds. The first kappa shape index (κ1) is 15.0. The summed E-state index contributed by atoms with van der Waals surface area (Å²) >= 11 is 5.91.